The lowest BCUT2D eigenvalue weighted by molar-refractivity contribution is -0.115. The third-order valence-electron chi connectivity index (χ3n) is 3.29. The van der Waals surface area contributed by atoms with Crippen molar-refractivity contribution in [2.75, 3.05) is 5.32 Å². The molecule has 1 aliphatic heterocycles. The Hall–Kier alpha value is -2.32. The number of carbonyl (C=O) groups excluding carboxylic acids is 1. The molecule has 5 heteroatoms. The summed E-state index contributed by atoms with van der Waals surface area (Å²) in [6.07, 6.45) is 0.680. The zero-order chi connectivity index (χ0) is 14.8. The number of fused-ring (bicyclic) bond motifs is 1. The molecule has 3 rings (SSSR count). The molecule has 2 aromatic carbocycles. The van der Waals surface area contributed by atoms with Crippen LogP contribution in [0.4, 0.5) is 10.1 Å². The van der Waals surface area contributed by atoms with Gasteiger partial charge in [-0.3, -0.25) is 4.79 Å². The number of hydrogen-bond acceptors (Lipinski definition) is 3. The Bertz CT molecular complexity index is 729. The number of nitrogens with zero attached hydrogens (tertiary/aromatic N) is 1. The summed E-state index contributed by atoms with van der Waals surface area (Å²) >= 11 is 1.53. The summed E-state index contributed by atoms with van der Waals surface area (Å²) in [6, 6.07) is 13.7. The number of rotatable bonds is 2. The van der Waals surface area contributed by atoms with Crippen LogP contribution in [0.5, 0.6) is 0 Å². The van der Waals surface area contributed by atoms with Gasteiger partial charge in [-0.15, -0.1) is 11.8 Å². The molecule has 0 spiro atoms. The topological polar surface area (TPSA) is 52.9 Å². The molecule has 1 atom stereocenters. The molecule has 104 valence electrons. The molecule has 2 aromatic rings. The van der Waals surface area contributed by atoms with Crippen molar-refractivity contribution in [3.05, 3.63) is 59.4 Å². The second kappa shape index (κ2) is 5.58. The van der Waals surface area contributed by atoms with E-state index >= 15 is 0 Å². The van der Waals surface area contributed by atoms with E-state index in [2.05, 4.69) is 5.32 Å². The van der Waals surface area contributed by atoms with Gasteiger partial charge in [0.2, 0.25) is 5.91 Å². The molecule has 0 bridgehead atoms. The molecule has 1 amide bonds. The fraction of sp³-hybridized carbons (Fsp3) is 0.125. The van der Waals surface area contributed by atoms with Gasteiger partial charge in [0.1, 0.15) is 11.9 Å². The number of nitrogens with one attached hydrogen (secondary N) is 1. The fourth-order valence-corrected chi connectivity index (χ4v) is 3.44. The minimum Gasteiger partial charge on any atom is -0.325 e. The normalized spacial score (nSPS) is 16.1. The molecule has 1 heterocycles. The number of thioether (sulfide) groups is 1. The first kappa shape index (κ1) is 13.7. The van der Waals surface area contributed by atoms with Gasteiger partial charge in [0.05, 0.1) is 10.8 Å². The predicted octanol–water partition coefficient (Wildman–Crippen LogP) is 3.35. The third kappa shape index (κ3) is 2.76. The highest BCUT2D eigenvalue weighted by atomic mass is 32.2. The van der Waals surface area contributed by atoms with Crippen LogP contribution < -0.4 is 5.32 Å². The average molecular weight is 298 g/mol. The van der Waals surface area contributed by atoms with E-state index in [0.717, 1.165) is 4.90 Å². The molecule has 0 fully saturated rings. The van der Waals surface area contributed by atoms with E-state index < -0.39 is 5.82 Å². The molecule has 3 nitrogen and oxygen atoms in total. The van der Waals surface area contributed by atoms with Crippen molar-refractivity contribution in [1.29, 1.82) is 5.26 Å². The molecular weight excluding hydrogens is 287 g/mol. The first-order chi connectivity index (χ1) is 10.2. The van der Waals surface area contributed by atoms with Gasteiger partial charge in [-0.1, -0.05) is 18.2 Å². The number of benzene rings is 2. The van der Waals surface area contributed by atoms with Gasteiger partial charge >= 0.3 is 0 Å². The van der Waals surface area contributed by atoms with Gasteiger partial charge in [0.15, 0.2) is 0 Å². The Morgan fingerprint density at radius 2 is 2.14 bits per heavy atom. The van der Waals surface area contributed by atoms with Crippen LogP contribution in [0, 0.1) is 17.1 Å². The Balaban J connectivity index is 1.73. The van der Waals surface area contributed by atoms with E-state index in [1.807, 2.05) is 24.3 Å². The zero-order valence-electron chi connectivity index (χ0n) is 11.0. The number of halogens is 1. The first-order valence-electron chi connectivity index (χ1n) is 6.42. The quantitative estimate of drug-likeness (QED) is 0.925. The van der Waals surface area contributed by atoms with Crippen LogP contribution in [0.15, 0.2) is 47.4 Å². The van der Waals surface area contributed by atoms with Gasteiger partial charge < -0.3 is 5.32 Å². The molecular formula is C16H11FN2OS. The number of amides is 1. The van der Waals surface area contributed by atoms with Crippen molar-refractivity contribution < 1.29 is 9.18 Å². The number of carbonyl (C=O) groups is 1. The van der Waals surface area contributed by atoms with Crippen LogP contribution in [0.2, 0.25) is 0 Å². The summed E-state index contributed by atoms with van der Waals surface area (Å²) < 4.78 is 13.2. The molecule has 21 heavy (non-hydrogen) atoms. The highest BCUT2D eigenvalue weighted by molar-refractivity contribution is 8.01. The molecule has 0 aliphatic carbocycles. The lowest BCUT2D eigenvalue weighted by Gasteiger charge is -2.10. The number of anilines is 1. The lowest BCUT2D eigenvalue weighted by atomic mass is 10.1. The highest BCUT2D eigenvalue weighted by Crippen LogP contribution is 2.37. The fourth-order valence-electron chi connectivity index (χ4n) is 2.24. The molecule has 1 unspecified atom stereocenters. The van der Waals surface area contributed by atoms with Gasteiger partial charge in [-0.2, -0.15) is 5.26 Å². The van der Waals surface area contributed by atoms with Crippen LogP contribution in [-0.4, -0.2) is 11.2 Å². The molecule has 0 saturated heterocycles. The maximum atomic E-state index is 13.2. The molecule has 0 saturated carbocycles. The molecule has 0 aromatic heterocycles. The summed E-state index contributed by atoms with van der Waals surface area (Å²) in [5.74, 6) is -0.718. The Morgan fingerprint density at radius 3 is 2.90 bits per heavy atom. The van der Waals surface area contributed by atoms with E-state index in [4.69, 9.17) is 5.26 Å². The van der Waals surface area contributed by atoms with Crippen LogP contribution in [0.1, 0.15) is 11.1 Å². The van der Waals surface area contributed by atoms with E-state index in [1.165, 1.54) is 35.5 Å². The van der Waals surface area contributed by atoms with Gasteiger partial charge in [-0.25, -0.2) is 4.39 Å². The smallest absolute Gasteiger partial charge is 0.238 e. The minimum absolute atomic E-state index is 0.0739. The molecule has 1 N–H and O–H groups in total. The van der Waals surface area contributed by atoms with Gasteiger partial charge in [0, 0.05) is 10.6 Å². The summed E-state index contributed by atoms with van der Waals surface area (Å²) in [5.41, 5.74) is 1.53. The van der Waals surface area contributed by atoms with E-state index in [9.17, 15) is 9.18 Å². The van der Waals surface area contributed by atoms with E-state index in [-0.39, 0.29) is 16.7 Å². The SMILES string of the molecule is N#Cc1cc(NC(=O)C2Cc3ccccc3S2)ccc1F. The summed E-state index contributed by atoms with van der Waals surface area (Å²) in [5, 5.41) is 11.3. The molecule has 1 aliphatic rings. The largest absolute Gasteiger partial charge is 0.325 e. The van der Waals surface area contributed by atoms with E-state index in [1.54, 1.807) is 6.07 Å². The van der Waals surface area contributed by atoms with Crippen molar-refractivity contribution in [1.82, 2.24) is 0 Å². The standard InChI is InChI=1S/C16H11FN2OS/c17-13-6-5-12(7-11(13)9-18)19-16(20)15-8-10-3-1-2-4-14(10)21-15/h1-7,15H,8H2,(H,19,20). The third-order valence-corrected chi connectivity index (χ3v) is 4.61. The monoisotopic (exact) mass is 298 g/mol. The van der Waals surface area contributed by atoms with Crippen molar-refractivity contribution in [3.8, 4) is 6.07 Å². The second-order valence-electron chi connectivity index (χ2n) is 4.71. The summed E-state index contributed by atoms with van der Waals surface area (Å²) in [4.78, 5) is 13.4. The Kier molecular flexibility index (Phi) is 3.63. The lowest BCUT2D eigenvalue weighted by Crippen LogP contribution is -2.24. The van der Waals surface area contributed by atoms with Crippen molar-refractivity contribution >= 4 is 23.4 Å². The van der Waals surface area contributed by atoms with Crippen molar-refractivity contribution in [3.63, 3.8) is 0 Å². The Labute approximate surface area is 125 Å². The summed E-state index contributed by atoms with van der Waals surface area (Å²) in [7, 11) is 0. The van der Waals surface area contributed by atoms with Gasteiger partial charge in [0.25, 0.3) is 0 Å². The van der Waals surface area contributed by atoms with Gasteiger partial charge in [-0.05, 0) is 36.2 Å². The van der Waals surface area contributed by atoms with Crippen molar-refractivity contribution in [2.45, 2.75) is 16.6 Å². The number of nitriles is 1. The highest BCUT2D eigenvalue weighted by Gasteiger charge is 2.28. The predicted molar refractivity (Wildman–Crippen MR) is 79.5 cm³/mol. The minimum atomic E-state index is -0.585. The van der Waals surface area contributed by atoms with Crippen LogP contribution >= 0.6 is 11.8 Å². The van der Waals surface area contributed by atoms with Crippen molar-refractivity contribution in [2.24, 2.45) is 0 Å². The molecule has 0 radical (unpaired) electrons. The Morgan fingerprint density at radius 1 is 1.33 bits per heavy atom. The second-order valence-corrected chi connectivity index (χ2v) is 5.96. The van der Waals surface area contributed by atoms with Crippen LogP contribution in [0.25, 0.3) is 0 Å². The average Bonchev–Trinajstić information content (AvgIpc) is 2.93. The van der Waals surface area contributed by atoms with E-state index in [0.29, 0.717) is 12.1 Å². The maximum Gasteiger partial charge on any atom is 0.238 e. The summed E-state index contributed by atoms with van der Waals surface area (Å²) in [6.45, 7) is 0. The van der Waals surface area contributed by atoms with Crippen LogP contribution in [-0.2, 0) is 11.2 Å². The first-order valence-corrected chi connectivity index (χ1v) is 7.30. The van der Waals surface area contributed by atoms with Crippen LogP contribution in [0.3, 0.4) is 0 Å². The number of hydrogen-bond donors (Lipinski definition) is 1. The zero-order valence-corrected chi connectivity index (χ0v) is 11.8. The maximum absolute atomic E-state index is 13.2.